The first-order valence-electron chi connectivity index (χ1n) is 6.90. The molecule has 3 aromatic heterocycles. The van der Waals surface area contributed by atoms with Gasteiger partial charge in [0.15, 0.2) is 11.5 Å². The average molecular weight is 283 g/mol. The summed E-state index contributed by atoms with van der Waals surface area (Å²) >= 11 is 0. The summed E-state index contributed by atoms with van der Waals surface area (Å²) in [5.41, 5.74) is 9.35. The smallest absolute Gasteiger partial charge is 0.167 e. The second-order valence-electron chi connectivity index (χ2n) is 5.55. The first-order valence-corrected chi connectivity index (χ1v) is 6.90. The number of aromatic amines is 1. The van der Waals surface area contributed by atoms with E-state index in [0.29, 0.717) is 22.7 Å². The number of hydrogen-bond donors (Lipinski definition) is 2. The molecular formula is C15H14FN5. The number of anilines is 1. The van der Waals surface area contributed by atoms with Crippen LogP contribution in [0.25, 0.3) is 22.4 Å². The molecule has 6 heteroatoms. The lowest BCUT2D eigenvalue weighted by Gasteiger charge is -2.06. The van der Waals surface area contributed by atoms with Gasteiger partial charge in [-0.2, -0.15) is 5.10 Å². The highest BCUT2D eigenvalue weighted by molar-refractivity contribution is 5.90. The van der Waals surface area contributed by atoms with Gasteiger partial charge in [0.1, 0.15) is 5.69 Å². The Bertz CT molecular complexity index is 851. The fraction of sp³-hybridized carbons (Fsp3) is 0.267. The van der Waals surface area contributed by atoms with Gasteiger partial charge in [0.25, 0.3) is 0 Å². The molecule has 0 unspecified atom stereocenters. The van der Waals surface area contributed by atoms with Crippen LogP contribution in [0.3, 0.4) is 0 Å². The summed E-state index contributed by atoms with van der Waals surface area (Å²) in [6, 6.07) is 3.53. The minimum absolute atomic E-state index is 0.124. The maximum atomic E-state index is 14.1. The molecule has 3 N–H and O–H groups in total. The van der Waals surface area contributed by atoms with Gasteiger partial charge in [-0.25, -0.2) is 14.4 Å². The predicted molar refractivity (Wildman–Crippen MR) is 78.2 cm³/mol. The fourth-order valence-corrected chi connectivity index (χ4v) is 2.52. The number of rotatable bonds is 2. The Labute approximate surface area is 120 Å². The van der Waals surface area contributed by atoms with Crippen molar-refractivity contribution in [3.8, 4) is 11.4 Å². The highest BCUT2D eigenvalue weighted by atomic mass is 19.1. The lowest BCUT2D eigenvalue weighted by atomic mass is 10.1. The third-order valence-corrected chi connectivity index (χ3v) is 3.77. The lowest BCUT2D eigenvalue weighted by Crippen LogP contribution is -2.01. The maximum absolute atomic E-state index is 14.1. The third-order valence-electron chi connectivity index (χ3n) is 3.77. The van der Waals surface area contributed by atoms with Crippen molar-refractivity contribution in [1.29, 1.82) is 0 Å². The summed E-state index contributed by atoms with van der Waals surface area (Å²) in [7, 11) is 0. The number of nitrogens with one attached hydrogen (secondary N) is 1. The molecule has 0 aromatic carbocycles. The number of halogens is 1. The summed E-state index contributed by atoms with van der Waals surface area (Å²) < 4.78 is 14.1. The molecule has 0 saturated heterocycles. The van der Waals surface area contributed by atoms with Gasteiger partial charge < -0.3 is 5.73 Å². The summed E-state index contributed by atoms with van der Waals surface area (Å²) in [5.74, 6) is -0.201. The third kappa shape index (κ3) is 1.94. The molecule has 4 rings (SSSR count). The molecule has 0 atom stereocenters. The van der Waals surface area contributed by atoms with Crippen LogP contribution < -0.4 is 5.73 Å². The molecule has 1 aliphatic rings. The zero-order valence-corrected chi connectivity index (χ0v) is 11.5. The minimum atomic E-state index is -0.393. The molecule has 0 radical (unpaired) electrons. The second-order valence-corrected chi connectivity index (χ2v) is 5.55. The number of H-pyrrole nitrogens is 1. The van der Waals surface area contributed by atoms with Crippen LogP contribution in [0, 0.1) is 12.7 Å². The Morgan fingerprint density at radius 3 is 2.90 bits per heavy atom. The van der Waals surface area contributed by atoms with Crippen molar-refractivity contribution in [3.05, 3.63) is 35.4 Å². The summed E-state index contributed by atoms with van der Waals surface area (Å²) in [6.45, 7) is 1.96. The van der Waals surface area contributed by atoms with Crippen molar-refractivity contribution in [1.82, 2.24) is 20.2 Å². The number of nitrogens with zero attached hydrogens (tertiary/aromatic N) is 3. The molecule has 3 heterocycles. The van der Waals surface area contributed by atoms with Crippen molar-refractivity contribution >= 4 is 16.7 Å². The minimum Gasteiger partial charge on any atom is -0.396 e. The van der Waals surface area contributed by atoms with E-state index >= 15 is 0 Å². The van der Waals surface area contributed by atoms with Crippen LogP contribution in [-0.2, 0) is 0 Å². The van der Waals surface area contributed by atoms with Crippen LogP contribution in [0.5, 0.6) is 0 Å². The number of pyridine rings is 2. The molecular weight excluding hydrogens is 269 g/mol. The van der Waals surface area contributed by atoms with E-state index in [1.165, 1.54) is 0 Å². The Morgan fingerprint density at radius 2 is 2.14 bits per heavy atom. The van der Waals surface area contributed by atoms with Gasteiger partial charge in [-0.3, -0.25) is 5.10 Å². The molecule has 0 spiro atoms. The molecule has 0 amide bonds. The van der Waals surface area contributed by atoms with Crippen LogP contribution in [0.15, 0.2) is 18.3 Å². The van der Waals surface area contributed by atoms with Crippen molar-refractivity contribution in [2.24, 2.45) is 0 Å². The fourth-order valence-electron chi connectivity index (χ4n) is 2.52. The van der Waals surface area contributed by atoms with Gasteiger partial charge in [-0.15, -0.1) is 0 Å². The largest absolute Gasteiger partial charge is 0.396 e. The number of nitrogen functional groups attached to an aromatic ring is 1. The number of aromatic nitrogens is 4. The Kier molecular flexibility index (Phi) is 2.48. The van der Waals surface area contributed by atoms with Crippen LogP contribution in [0.1, 0.15) is 30.0 Å². The summed E-state index contributed by atoms with van der Waals surface area (Å²) in [4.78, 5) is 8.74. The van der Waals surface area contributed by atoms with Crippen LogP contribution in [-0.4, -0.2) is 20.2 Å². The van der Waals surface area contributed by atoms with Crippen molar-refractivity contribution in [3.63, 3.8) is 0 Å². The van der Waals surface area contributed by atoms with E-state index in [1.807, 2.05) is 13.0 Å². The maximum Gasteiger partial charge on any atom is 0.167 e. The normalized spacial score (nSPS) is 14.8. The van der Waals surface area contributed by atoms with Crippen LogP contribution in [0.2, 0.25) is 0 Å². The standard InChI is InChI=1S/C15H14FN5/c1-7-4-9-14(20-21-15(9)18-6-7)11-5-10(17)12(16)13(19-11)8-2-3-8/h4-6,8H,2-3H2,1H3,(H2,17,19)(H,18,20,21). The highest BCUT2D eigenvalue weighted by Crippen LogP contribution is 2.42. The Morgan fingerprint density at radius 1 is 1.33 bits per heavy atom. The zero-order valence-electron chi connectivity index (χ0n) is 11.5. The zero-order chi connectivity index (χ0) is 14.6. The average Bonchev–Trinajstić information content (AvgIpc) is 3.22. The van der Waals surface area contributed by atoms with Crippen molar-refractivity contribution < 1.29 is 4.39 Å². The number of nitrogens with two attached hydrogens (primary N) is 1. The van der Waals surface area contributed by atoms with Gasteiger partial charge in [-0.1, -0.05) is 0 Å². The topological polar surface area (TPSA) is 80.5 Å². The highest BCUT2D eigenvalue weighted by Gasteiger charge is 2.30. The molecule has 3 aromatic rings. The first-order chi connectivity index (χ1) is 10.1. The van der Waals surface area contributed by atoms with E-state index in [2.05, 4.69) is 20.2 Å². The molecule has 21 heavy (non-hydrogen) atoms. The SMILES string of the molecule is Cc1cnc2[nH]nc(-c3cc(N)c(F)c(C4CC4)n3)c2c1. The molecule has 1 saturated carbocycles. The van der Waals surface area contributed by atoms with E-state index in [1.54, 1.807) is 12.3 Å². The van der Waals surface area contributed by atoms with E-state index in [-0.39, 0.29) is 11.6 Å². The second kappa shape index (κ2) is 4.25. The molecule has 1 aliphatic carbocycles. The summed E-state index contributed by atoms with van der Waals surface area (Å²) in [5, 5.41) is 8.02. The number of hydrogen-bond acceptors (Lipinski definition) is 4. The Balaban J connectivity index is 1.94. The van der Waals surface area contributed by atoms with Gasteiger partial charge in [-0.05, 0) is 37.5 Å². The monoisotopic (exact) mass is 283 g/mol. The number of aryl methyl sites for hydroxylation is 1. The van der Waals surface area contributed by atoms with Crippen LogP contribution in [0.4, 0.5) is 10.1 Å². The van der Waals surface area contributed by atoms with E-state index in [4.69, 9.17) is 5.73 Å². The molecule has 1 fully saturated rings. The van der Waals surface area contributed by atoms with Crippen LogP contribution >= 0.6 is 0 Å². The van der Waals surface area contributed by atoms with Gasteiger partial charge in [0.05, 0.1) is 17.1 Å². The quantitative estimate of drug-likeness (QED) is 0.757. The molecule has 5 nitrogen and oxygen atoms in total. The van der Waals surface area contributed by atoms with Gasteiger partial charge in [0.2, 0.25) is 0 Å². The van der Waals surface area contributed by atoms with Gasteiger partial charge in [0, 0.05) is 17.5 Å². The lowest BCUT2D eigenvalue weighted by molar-refractivity contribution is 0.605. The molecule has 0 bridgehead atoms. The summed E-state index contributed by atoms with van der Waals surface area (Å²) in [6.07, 6.45) is 3.70. The van der Waals surface area contributed by atoms with Crippen molar-refractivity contribution in [2.75, 3.05) is 5.73 Å². The predicted octanol–water partition coefficient (Wildman–Crippen LogP) is 2.93. The Hall–Kier alpha value is -2.50. The van der Waals surface area contributed by atoms with E-state index in [0.717, 1.165) is 23.8 Å². The number of fused-ring (bicyclic) bond motifs is 1. The van der Waals surface area contributed by atoms with Gasteiger partial charge >= 0.3 is 0 Å². The molecule has 0 aliphatic heterocycles. The van der Waals surface area contributed by atoms with Crippen molar-refractivity contribution in [2.45, 2.75) is 25.7 Å². The molecule has 106 valence electrons. The van der Waals surface area contributed by atoms with E-state index in [9.17, 15) is 4.39 Å². The van der Waals surface area contributed by atoms with E-state index < -0.39 is 5.82 Å². The first kappa shape index (κ1) is 12.3.